The molecule has 0 radical (unpaired) electrons. The summed E-state index contributed by atoms with van der Waals surface area (Å²) in [5, 5.41) is 5.81. The van der Waals surface area contributed by atoms with Crippen LogP contribution >= 0.6 is 0 Å². The number of likely N-dealkylation sites (N-methyl/N-ethyl adjacent to an activating group) is 1. The number of hydrogen-bond donors (Lipinski definition) is 3. The normalized spacial score (nSPS) is 10.3. The molecule has 0 atom stereocenters. The molecule has 0 unspecified atom stereocenters. The Hall–Kier alpha value is -2.40. The van der Waals surface area contributed by atoms with E-state index in [1.54, 1.807) is 12.1 Å². The third-order valence-corrected chi connectivity index (χ3v) is 3.08. The van der Waals surface area contributed by atoms with Gasteiger partial charge in [0.05, 0.1) is 0 Å². The molecular weight excluding hydrogens is 266 g/mol. The van der Waals surface area contributed by atoms with E-state index >= 15 is 0 Å². The number of carbonyl (C=O) groups is 1. The third-order valence-electron chi connectivity index (χ3n) is 3.08. The highest BCUT2D eigenvalue weighted by Crippen LogP contribution is 2.14. The van der Waals surface area contributed by atoms with Crippen LogP contribution in [0.15, 0.2) is 47.3 Å². The molecule has 0 aliphatic heterocycles. The van der Waals surface area contributed by atoms with E-state index in [2.05, 4.69) is 15.6 Å². The molecule has 21 heavy (non-hydrogen) atoms. The molecule has 1 heterocycles. The lowest BCUT2D eigenvalue weighted by Crippen LogP contribution is -2.34. The molecule has 0 spiro atoms. The summed E-state index contributed by atoms with van der Waals surface area (Å²) in [4.78, 5) is 26.7. The van der Waals surface area contributed by atoms with Gasteiger partial charge in [0, 0.05) is 18.8 Å². The van der Waals surface area contributed by atoms with E-state index in [1.807, 2.05) is 37.3 Å². The van der Waals surface area contributed by atoms with Crippen LogP contribution < -0.4 is 16.2 Å². The zero-order valence-corrected chi connectivity index (χ0v) is 12.0. The zero-order valence-electron chi connectivity index (χ0n) is 12.0. The molecule has 2 rings (SSSR count). The van der Waals surface area contributed by atoms with Crippen molar-refractivity contribution in [3.05, 3.63) is 58.4 Å². The van der Waals surface area contributed by atoms with Crippen LogP contribution in [-0.4, -0.2) is 30.5 Å². The lowest BCUT2D eigenvalue weighted by Gasteiger charge is -2.06. The van der Waals surface area contributed by atoms with Crippen molar-refractivity contribution < 1.29 is 4.79 Å². The SMILES string of the molecule is CCNCCNC(=O)c1ccc(-c2ccccc2)[nH]c1=O. The Bertz CT molecular complexity index is 650. The van der Waals surface area contributed by atoms with Crippen LogP contribution in [0.2, 0.25) is 0 Å². The maximum Gasteiger partial charge on any atom is 0.261 e. The minimum absolute atomic E-state index is 0.131. The first-order valence-electron chi connectivity index (χ1n) is 7.00. The first-order chi connectivity index (χ1) is 10.2. The summed E-state index contributed by atoms with van der Waals surface area (Å²) in [5.74, 6) is -0.353. The van der Waals surface area contributed by atoms with Crippen LogP contribution in [0.1, 0.15) is 17.3 Å². The van der Waals surface area contributed by atoms with Crippen molar-refractivity contribution in [2.24, 2.45) is 0 Å². The minimum Gasteiger partial charge on any atom is -0.351 e. The van der Waals surface area contributed by atoms with Gasteiger partial charge < -0.3 is 15.6 Å². The molecule has 3 N–H and O–H groups in total. The van der Waals surface area contributed by atoms with E-state index in [4.69, 9.17) is 0 Å². The number of pyridine rings is 1. The summed E-state index contributed by atoms with van der Waals surface area (Å²) in [5.41, 5.74) is 1.36. The second-order valence-corrected chi connectivity index (χ2v) is 4.59. The van der Waals surface area contributed by atoms with Crippen LogP contribution in [0.3, 0.4) is 0 Å². The van der Waals surface area contributed by atoms with E-state index in [-0.39, 0.29) is 17.0 Å². The highest BCUT2D eigenvalue weighted by atomic mass is 16.2. The third kappa shape index (κ3) is 4.03. The van der Waals surface area contributed by atoms with Crippen molar-refractivity contribution in [2.45, 2.75) is 6.92 Å². The van der Waals surface area contributed by atoms with Gasteiger partial charge >= 0.3 is 0 Å². The lowest BCUT2D eigenvalue weighted by molar-refractivity contribution is 0.0952. The van der Waals surface area contributed by atoms with Crippen molar-refractivity contribution in [1.82, 2.24) is 15.6 Å². The number of hydrogen-bond acceptors (Lipinski definition) is 3. The van der Waals surface area contributed by atoms with E-state index in [0.29, 0.717) is 18.8 Å². The number of nitrogens with one attached hydrogen (secondary N) is 3. The van der Waals surface area contributed by atoms with Crippen LogP contribution in [0.5, 0.6) is 0 Å². The molecule has 0 saturated carbocycles. The fraction of sp³-hybridized carbons (Fsp3) is 0.250. The van der Waals surface area contributed by atoms with Crippen molar-refractivity contribution in [3.63, 3.8) is 0 Å². The Balaban J connectivity index is 2.09. The lowest BCUT2D eigenvalue weighted by atomic mass is 10.1. The number of carbonyl (C=O) groups excluding carboxylic acids is 1. The van der Waals surface area contributed by atoms with Crippen molar-refractivity contribution in [1.29, 1.82) is 0 Å². The topological polar surface area (TPSA) is 74.0 Å². The number of rotatable bonds is 6. The molecule has 0 fully saturated rings. The van der Waals surface area contributed by atoms with Crippen molar-refractivity contribution >= 4 is 5.91 Å². The molecule has 1 amide bonds. The van der Waals surface area contributed by atoms with Gasteiger partial charge in [0.15, 0.2) is 0 Å². The van der Waals surface area contributed by atoms with E-state index in [0.717, 1.165) is 12.1 Å². The van der Waals surface area contributed by atoms with Crippen LogP contribution in [-0.2, 0) is 0 Å². The van der Waals surface area contributed by atoms with Gasteiger partial charge in [0.25, 0.3) is 11.5 Å². The van der Waals surface area contributed by atoms with Gasteiger partial charge in [-0.2, -0.15) is 0 Å². The molecule has 5 heteroatoms. The Labute approximate surface area is 123 Å². The molecule has 5 nitrogen and oxygen atoms in total. The second-order valence-electron chi connectivity index (χ2n) is 4.59. The van der Waals surface area contributed by atoms with E-state index in [1.165, 1.54) is 0 Å². The Kier molecular flexibility index (Phi) is 5.29. The van der Waals surface area contributed by atoms with Crippen LogP contribution in [0.4, 0.5) is 0 Å². The van der Waals surface area contributed by atoms with E-state index < -0.39 is 0 Å². The van der Waals surface area contributed by atoms with Crippen molar-refractivity contribution in [2.75, 3.05) is 19.6 Å². The maximum absolute atomic E-state index is 12.0. The summed E-state index contributed by atoms with van der Waals surface area (Å²) in [6.07, 6.45) is 0. The number of amides is 1. The molecule has 0 aliphatic rings. The number of benzene rings is 1. The second kappa shape index (κ2) is 7.40. The molecule has 2 aromatic rings. The van der Waals surface area contributed by atoms with Gasteiger partial charge in [0.2, 0.25) is 0 Å². The summed E-state index contributed by atoms with van der Waals surface area (Å²) >= 11 is 0. The Morgan fingerprint density at radius 1 is 1.10 bits per heavy atom. The summed E-state index contributed by atoms with van der Waals surface area (Å²) in [6, 6.07) is 12.8. The quantitative estimate of drug-likeness (QED) is 0.702. The summed E-state index contributed by atoms with van der Waals surface area (Å²) in [7, 11) is 0. The first kappa shape index (κ1) is 15.0. The van der Waals surface area contributed by atoms with Gasteiger partial charge in [-0.05, 0) is 24.2 Å². The standard InChI is InChI=1S/C16H19N3O2/c1-2-17-10-11-18-15(20)13-8-9-14(19-16(13)21)12-6-4-3-5-7-12/h3-9,17H,2,10-11H2,1H3,(H,18,20)(H,19,21). The van der Waals surface area contributed by atoms with Crippen LogP contribution in [0, 0.1) is 0 Å². The number of H-pyrrole nitrogens is 1. The maximum atomic E-state index is 12.0. The zero-order chi connectivity index (χ0) is 15.1. The molecule has 110 valence electrons. The Morgan fingerprint density at radius 3 is 2.52 bits per heavy atom. The van der Waals surface area contributed by atoms with Gasteiger partial charge in [-0.3, -0.25) is 9.59 Å². The van der Waals surface area contributed by atoms with Gasteiger partial charge in [0.1, 0.15) is 5.56 Å². The van der Waals surface area contributed by atoms with Crippen molar-refractivity contribution in [3.8, 4) is 11.3 Å². The fourth-order valence-corrected chi connectivity index (χ4v) is 1.97. The monoisotopic (exact) mass is 285 g/mol. The minimum atomic E-state index is -0.377. The predicted molar refractivity (Wildman–Crippen MR) is 83.4 cm³/mol. The average molecular weight is 285 g/mol. The smallest absolute Gasteiger partial charge is 0.261 e. The van der Waals surface area contributed by atoms with Gasteiger partial charge in [-0.1, -0.05) is 37.3 Å². The highest BCUT2D eigenvalue weighted by Gasteiger charge is 2.10. The Morgan fingerprint density at radius 2 is 1.86 bits per heavy atom. The highest BCUT2D eigenvalue weighted by molar-refractivity contribution is 5.94. The average Bonchev–Trinajstić information content (AvgIpc) is 2.52. The molecule has 0 aliphatic carbocycles. The molecule has 1 aromatic heterocycles. The largest absolute Gasteiger partial charge is 0.351 e. The predicted octanol–water partition coefficient (Wildman–Crippen LogP) is 1.38. The summed E-state index contributed by atoms with van der Waals surface area (Å²) < 4.78 is 0. The number of aromatic amines is 1. The van der Waals surface area contributed by atoms with Gasteiger partial charge in [-0.25, -0.2) is 0 Å². The summed E-state index contributed by atoms with van der Waals surface area (Å²) in [6.45, 7) is 4.02. The van der Waals surface area contributed by atoms with E-state index in [9.17, 15) is 9.59 Å². The fourth-order valence-electron chi connectivity index (χ4n) is 1.97. The van der Waals surface area contributed by atoms with Crippen LogP contribution in [0.25, 0.3) is 11.3 Å². The van der Waals surface area contributed by atoms with Gasteiger partial charge in [-0.15, -0.1) is 0 Å². The molecule has 0 bridgehead atoms. The molecule has 0 saturated heterocycles. The molecule has 1 aromatic carbocycles. The first-order valence-corrected chi connectivity index (χ1v) is 7.00. The molecular formula is C16H19N3O2. The number of aromatic nitrogens is 1.